The normalized spacial score (nSPS) is 22.4. The Hall–Kier alpha value is -1.09. The molecule has 5 nitrogen and oxygen atoms in total. The quantitative estimate of drug-likeness (QED) is 0.514. The maximum Gasteiger partial charge on any atom is 0.256 e. The molecule has 2 aliphatic heterocycles. The first-order valence-electron chi connectivity index (χ1n) is 7.65. The van der Waals surface area contributed by atoms with Crippen molar-refractivity contribution in [3.8, 4) is 5.75 Å². The van der Waals surface area contributed by atoms with Gasteiger partial charge in [-0.05, 0) is 55.1 Å². The molecule has 2 aromatic rings. The molecule has 24 heavy (non-hydrogen) atoms. The first-order chi connectivity index (χ1) is 11.4. The van der Waals surface area contributed by atoms with Crippen molar-refractivity contribution >= 4 is 54.1 Å². The van der Waals surface area contributed by atoms with E-state index < -0.39 is 0 Å². The maximum atomic E-state index is 12.7. The van der Waals surface area contributed by atoms with Gasteiger partial charge in [0.25, 0.3) is 5.91 Å². The van der Waals surface area contributed by atoms with Crippen LogP contribution in [-0.4, -0.2) is 24.6 Å². The van der Waals surface area contributed by atoms with E-state index in [4.69, 9.17) is 0 Å². The molecular weight excluding hydrogens is 458 g/mol. The number of phenolic OH excluding ortho intramolecular Hbond substituents is 1. The van der Waals surface area contributed by atoms with Crippen LogP contribution in [0.1, 0.15) is 32.5 Å². The highest BCUT2D eigenvalue weighted by molar-refractivity contribution is 9.11. The predicted molar refractivity (Wildman–Crippen MR) is 101 cm³/mol. The van der Waals surface area contributed by atoms with Crippen molar-refractivity contribution in [3.63, 3.8) is 0 Å². The number of halogens is 2. The third-order valence-electron chi connectivity index (χ3n) is 4.51. The van der Waals surface area contributed by atoms with Gasteiger partial charge < -0.3 is 20.6 Å². The second kappa shape index (κ2) is 6.01. The Morgan fingerprint density at radius 3 is 2.71 bits per heavy atom. The second-order valence-electron chi connectivity index (χ2n) is 6.23. The number of amides is 1. The molecule has 0 saturated carbocycles. The van der Waals surface area contributed by atoms with Crippen LogP contribution in [0.25, 0.3) is 0 Å². The molecule has 0 radical (unpaired) electrons. The molecule has 0 fully saturated rings. The summed E-state index contributed by atoms with van der Waals surface area (Å²) in [5.74, 6) is 0.130. The number of hydrogen-bond acceptors (Lipinski definition) is 4. The first kappa shape index (κ1) is 16.4. The van der Waals surface area contributed by atoms with E-state index >= 15 is 0 Å². The number of rotatable bonds is 1. The van der Waals surface area contributed by atoms with E-state index in [0.29, 0.717) is 8.95 Å². The summed E-state index contributed by atoms with van der Waals surface area (Å²) >= 11 is 8.38. The standard InChI is InChI=1S/C16H15Br2N3O2S/c1-21-3-2-8-11(6-21)24-16-12(8)15(23)19-14(20-16)7-4-9(17)13(22)10(18)5-7/h4-5,14,20,22H,2-3,6H2,1H3,(H,19,23)/p+1/t14-/m1/s1. The number of fused-ring (bicyclic) bond motifs is 3. The Bertz CT molecular complexity index is 829. The molecule has 2 aliphatic rings. The van der Waals surface area contributed by atoms with Crippen molar-refractivity contribution in [2.75, 3.05) is 18.9 Å². The highest BCUT2D eigenvalue weighted by Gasteiger charge is 2.34. The summed E-state index contributed by atoms with van der Waals surface area (Å²) in [6.45, 7) is 2.04. The number of benzene rings is 1. The van der Waals surface area contributed by atoms with Crippen LogP contribution < -0.4 is 15.5 Å². The zero-order chi connectivity index (χ0) is 17.0. The fraction of sp³-hybridized carbons (Fsp3) is 0.312. The molecule has 4 rings (SSSR count). The van der Waals surface area contributed by atoms with Gasteiger partial charge in [0.05, 0.1) is 33.0 Å². The summed E-state index contributed by atoms with van der Waals surface area (Å²) in [6.07, 6.45) is 0.631. The number of carbonyl (C=O) groups excluding carboxylic acids is 1. The number of quaternary nitrogens is 1. The minimum Gasteiger partial charge on any atom is -0.506 e. The van der Waals surface area contributed by atoms with Crippen molar-refractivity contribution in [2.24, 2.45) is 0 Å². The minimum absolute atomic E-state index is 0.0221. The zero-order valence-corrected chi connectivity index (χ0v) is 16.9. The van der Waals surface area contributed by atoms with Gasteiger partial charge in [0, 0.05) is 6.42 Å². The Morgan fingerprint density at radius 1 is 1.29 bits per heavy atom. The van der Waals surface area contributed by atoms with Crippen LogP contribution in [0.15, 0.2) is 21.1 Å². The first-order valence-corrected chi connectivity index (χ1v) is 10.1. The molecule has 126 valence electrons. The second-order valence-corrected chi connectivity index (χ2v) is 9.04. The number of nitrogens with one attached hydrogen (secondary N) is 3. The highest BCUT2D eigenvalue weighted by Crippen LogP contribution is 2.41. The van der Waals surface area contributed by atoms with Gasteiger partial charge in [-0.25, -0.2) is 0 Å². The lowest BCUT2D eigenvalue weighted by atomic mass is 10.0. The topological polar surface area (TPSA) is 65.8 Å². The summed E-state index contributed by atoms with van der Waals surface area (Å²) in [5, 5.41) is 17.3. The Balaban J connectivity index is 1.71. The lowest BCUT2D eigenvalue weighted by Crippen LogP contribution is -3.08. The average molecular weight is 474 g/mol. The van der Waals surface area contributed by atoms with Crippen LogP contribution in [0.2, 0.25) is 0 Å². The molecule has 1 aromatic heterocycles. The minimum atomic E-state index is -0.316. The van der Waals surface area contributed by atoms with Crippen molar-refractivity contribution in [1.29, 1.82) is 0 Å². The van der Waals surface area contributed by atoms with Crippen LogP contribution in [-0.2, 0) is 13.0 Å². The van der Waals surface area contributed by atoms with Crippen LogP contribution in [0, 0.1) is 0 Å². The van der Waals surface area contributed by atoms with Crippen molar-refractivity contribution in [3.05, 3.63) is 42.6 Å². The van der Waals surface area contributed by atoms with E-state index in [1.165, 1.54) is 15.3 Å². The monoisotopic (exact) mass is 472 g/mol. The summed E-state index contributed by atoms with van der Waals surface area (Å²) < 4.78 is 1.17. The smallest absolute Gasteiger partial charge is 0.256 e. The third-order valence-corrected chi connectivity index (χ3v) is 6.88. The van der Waals surface area contributed by atoms with E-state index in [1.54, 1.807) is 11.3 Å². The molecule has 4 N–H and O–H groups in total. The van der Waals surface area contributed by atoms with Crippen LogP contribution in [0.3, 0.4) is 0 Å². The van der Waals surface area contributed by atoms with E-state index in [9.17, 15) is 9.90 Å². The molecule has 1 amide bonds. The number of phenols is 1. The van der Waals surface area contributed by atoms with E-state index in [0.717, 1.165) is 35.6 Å². The summed E-state index contributed by atoms with van der Waals surface area (Å²) in [7, 11) is 2.18. The molecule has 0 aliphatic carbocycles. The molecule has 3 heterocycles. The fourth-order valence-electron chi connectivity index (χ4n) is 3.25. The molecule has 0 bridgehead atoms. The van der Waals surface area contributed by atoms with Crippen LogP contribution in [0.4, 0.5) is 5.00 Å². The summed E-state index contributed by atoms with van der Waals surface area (Å²) in [6, 6.07) is 3.63. The van der Waals surface area contributed by atoms with E-state index in [1.807, 2.05) is 12.1 Å². The fourth-order valence-corrected chi connectivity index (χ4v) is 5.86. The number of carbonyl (C=O) groups is 1. The zero-order valence-electron chi connectivity index (χ0n) is 12.9. The van der Waals surface area contributed by atoms with Crippen LogP contribution in [0.5, 0.6) is 5.75 Å². The number of thiophene rings is 1. The lowest BCUT2D eigenvalue weighted by molar-refractivity contribution is -0.895. The molecule has 1 aromatic carbocycles. The van der Waals surface area contributed by atoms with Gasteiger partial charge in [-0.3, -0.25) is 4.79 Å². The van der Waals surface area contributed by atoms with E-state index in [-0.39, 0.29) is 17.8 Å². The molecule has 0 spiro atoms. The predicted octanol–water partition coefficient (Wildman–Crippen LogP) is 2.40. The number of hydrogen-bond donors (Lipinski definition) is 4. The Morgan fingerprint density at radius 2 is 2.00 bits per heavy atom. The van der Waals surface area contributed by atoms with Gasteiger partial charge >= 0.3 is 0 Å². The highest BCUT2D eigenvalue weighted by atomic mass is 79.9. The molecular formula is C16H16Br2N3O2S+. The van der Waals surface area contributed by atoms with Gasteiger partial charge in [0.2, 0.25) is 0 Å². The number of likely N-dealkylation sites (N-methyl/N-ethyl adjacent to an activating group) is 1. The molecule has 2 atom stereocenters. The Kier molecular flexibility index (Phi) is 4.11. The van der Waals surface area contributed by atoms with Gasteiger partial charge in [-0.1, -0.05) is 0 Å². The van der Waals surface area contributed by atoms with Crippen LogP contribution >= 0.6 is 43.2 Å². The molecule has 8 heteroatoms. The van der Waals surface area contributed by atoms with Crippen molar-refractivity contribution < 1.29 is 14.8 Å². The van der Waals surface area contributed by atoms with Crippen molar-refractivity contribution in [2.45, 2.75) is 19.1 Å². The van der Waals surface area contributed by atoms with Gasteiger partial charge in [0.15, 0.2) is 0 Å². The molecule has 1 unspecified atom stereocenters. The SMILES string of the molecule is C[NH+]1CCc2c(sc3c2C(=O)N[C@@H](c2cc(Br)c(O)c(Br)c2)N3)C1. The Labute approximate surface area is 160 Å². The van der Waals surface area contributed by atoms with E-state index in [2.05, 4.69) is 49.5 Å². The average Bonchev–Trinajstić information content (AvgIpc) is 2.89. The lowest BCUT2D eigenvalue weighted by Gasteiger charge is -2.27. The molecule has 0 saturated heterocycles. The summed E-state index contributed by atoms with van der Waals surface area (Å²) in [5.41, 5.74) is 2.90. The maximum absolute atomic E-state index is 12.7. The number of anilines is 1. The van der Waals surface area contributed by atoms with Gasteiger partial charge in [-0.2, -0.15) is 0 Å². The van der Waals surface area contributed by atoms with Gasteiger partial charge in [-0.15, -0.1) is 11.3 Å². The number of aromatic hydroxyl groups is 1. The van der Waals surface area contributed by atoms with Crippen molar-refractivity contribution in [1.82, 2.24) is 5.32 Å². The van der Waals surface area contributed by atoms with Gasteiger partial charge in [0.1, 0.15) is 23.5 Å². The summed E-state index contributed by atoms with van der Waals surface area (Å²) in [4.78, 5) is 15.5. The third kappa shape index (κ3) is 2.65. The largest absolute Gasteiger partial charge is 0.506 e.